The summed E-state index contributed by atoms with van der Waals surface area (Å²) in [4.78, 5) is 27.7. The van der Waals surface area contributed by atoms with E-state index in [1.165, 1.54) is 43.9 Å². The molecule has 5 nitrogen and oxygen atoms in total. The van der Waals surface area contributed by atoms with E-state index in [9.17, 15) is 9.59 Å². The highest BCUT2D eigenvalue weighted by Gasteiger charge is 2.18. The van der Waals surface area contributed by atoms with Crippen LogP contribution in [-0.2, 0) is 11.3 Å². The molecular weight excluding hydrogens is 384 g/mol. The summed E-state index contributed by atoms with van der Waals surface area (Å²) in [5.41, 5.74) is 0.614. The minimum absolute atomic E-state index is 0.0299. The molecule has 0 atom stereocenters. The molecule has 1 N–H and O–H groups in total. The number of aryl methyl sites for hydroxylation is 1. The molecule has 1 aromatic heterocycles. The highest BCUT2D eigenvalue weighted by Crippen LogP contribution is 2.25. The zero-order valence-electron chi connectivity index (χ0n) is 17.3. The second-order valence-corrected chi connectivity index (χ2v) is 8.78. The third-order valence-electron chi connectivity index (χ3n) is 5.32. The van der Waals surface area contributed by atoms with E-state index in [1.807, 2.05) is 43.3 Å². The number of rotatable bonds is 8. The van der Waals surface area contributed by atoms with Crippen LogP contribution in [0.3, 0.4) is 0 Å². The number of carbonyl (C=O) groups excluding carboxylic acids is 2. The molecule has 0 bridgehead atoms. The topological polar surface area (TPSA) is 62.6 Å². The van der Waals surface area contributed by atoms with Gasteiger partial charge in [-0.1, -0.05) is 31.4 Å². The normalized spacial score (nSPS) is 14.6. The van der Waals surface area contributed by atoms with Crippen molar-refractivity contribution in [2.24, 2.45) is 5.92 Å². The summed E-state index contributed by atoms with van der Waals surface area (Å²) in [6.07, 6.45) is 6.30. The Morgan fingerprint density at radius 2 is 1.90 bits per heavy atom. The van der Waals surface area contributed by atoms with Crippen LogP contribution in [0.5, 0.6) is 0 Å². The lowest BCUT2D eigenvalue weighted by Crippen LogP contribution is -2.31. The van der Waals surface area contributed by atoms with Crippen LogP contribution in [0.2, 0.25) is 0 Å². The molecule has 0 unspecified atom stereocenters. The van der Waals surface area contributed by atoms with E-state index < -0.39 is 0 Å². The Morgan fingerprint density at radius 1 is 1.14 bits per heavy atom. The van der Waals surface area contributed by atoms with Crippen LogP contribution < -0.4 is 5.32 Å². The molecule has 1 aromatic carbocycles. The Hall–Kier alpha value is -2.21. The largest absolute Gasteiger partial charge is 0.464 e. The highest BCUT2D eigenvalue weighted by atomic mass is 32.2. The van der Waals surface area contributed by atoms with Gasteiger partial charge in [0.25, 0.3) is 5.91 Å². The predicted molar refractivity (Wildman–Crippen MR) is 116 cm³/mol. The molecule has 156 valence electrons. The average molecular weight is 415 g/mol. The Balaban J connectivity index is 1.53. The van der Waals surface area contributed by atoms with Crippen LogP contribution in [0.1, 0.15) is 54.0 Å². The Labute approximate surface area is 177 Å². The summed E-state index contributed by atoms with van der Waals surface area (Å²) in [5, 5.41) is 3.06. The van der Waals surface area contributed by atoms with Gasteiger partial charge in [-0.3, -0.25) is 9.59 Å². The van der Waals surface area contributed by atoms with Crippen molar-refractivity contribution in [3.8, 4) is 0 Å². The number of benzene rings is 1. The van der Waals surface area contributed by atoms with Gasteiger partial charge in [-0.2, -0.15) is 0 Å². The summed E-state index contributed by atoms with van der Waals surface area (Å²) in [6, 6.07) is 11.2. The van der Waals surface area contributed by atoms with Gasteiger partial charge in [0.2, 0.25) is 5.91 Å². The second kappa shape index (κ2) is 10.5. The highest BCUT2D eigenvalue weighted by molar-refractivity contribution is 8.00. The van der Waals surface area contributed by atoms with E-state index in [4.69, 9.17) is 4.42 Å². The van der Waals surface area contributed by atoms with Crippen LogP contribution in [0.4, 0.5) is 0 Å². The molecule has 0 spiro atoms. The van der Waals surface area contributed by atoms with Crippen LogP contribution in [-0.4, -0.2) is 36.1 Å². The van der Waals surface area contributed by atoms with E-state index in [0.29, 0.717) is 23.8 Å². The number of nitrogens with one attached hydrogen (secondary N) is 1. The molecule has 0 saturated heterocycles. The maximum Gasteiger partial charge on any atom is 0.255 e. The Morgan fingerprint density at radius 3 is 2.62 bits per heavy atom. The fourth-order valence-electron chi connectivity index (χ4n) is 3.69. The van der Waals surface area contributed by atoms with Gasteiger partial charge < -0.3 is 14.6 Å². The lowest BCUT2D eigenvalue weighted by Gasteiger charge is -2.21. The molecule has 0 aliphatic heterocycles. The molecule has 29 heavy (non-hydrogen) atoms. The first-order valence-corrected chi connectivity index (χ1v) is 11.3. The van der Waals surface area contributed by atoms with Gasteiger partial charge in [0.15, 0.2) is 0 Å². The summed E-state index contributed by atoms with van der Waals surface area (Å²) in [5.74, 6) is 2.47. The fourth-order valence-corrected chi connectivity index (χ4v) is 4.57. The van der Waals surface area contributed by atoms with Crippen molar-refractivity contribution in [2.75, 3.05) is 19.3 Å². The number of hydrogen-bond donors (Lipinski definition) is 1. The minimum Gasteiger partial charge on any atom is -0.464 e. The number of hydrogen-bond acceptors (Lipinski definition) is 4. The number of nitrogens with zero attached hydrogens (tertiary/aromatic N) is 1. The van der Waals surface area contributed by atoms with Gasteiger partial charge >= 0.3 is 0 Å². The zero-order chi connectivity index (χ0) is 20.6. The monoisotopic (exact) mass is 414 g/mol. The number of thioether (sulfide) groups is 1. The molecule has 1 aliphatic carbocycles. The number of carbonyl (C=O) groups is 2. The molecule has 3 rings (SSSR count). The van der Waals surface area contributed by atoms with Crippen LogP contribution in [0.25, 0.3) is 0 Å². The summed E-state index contributed by atoms with van der Waals surface area (Å²) < 4.78 is 5.57. The summed E-state index contributed by atoms with van der Waals surface area (Å²) in [7, 11) is 1.76. The van der Waals surface area contributed by atoms with Crippen LogP contribution in [0.15, 0.2) is 45.7 Å². The third kappa shape index (κ3) is 6.39. The maximum absolute atomic E-state index is 12.9. The summed E-state index contributed by atoms with van der Waals surface area (Å²) >= 11 is 1.41. The molecule has 1 saturated carbocycles. The first-order chi connectivity index (χ1) is 14.0. The fraction of sp³-hybridized carbons (Fsp3) is 0.478. The van der Waals surface area contributed by atoms with Crippen molar-refractivity contribution < 1.29 is 14.0 Å². The molecule has 1 fully saturated rings. The Kier molecular flexibility index (Phi) is 7.81. The Bertz CT molecular complexity index is 827. The van der Waals surface area contributed by atoms with E-state index in [2.05, 4.69) is 5.32 Å². The first kappa shape index (κ1) is 21.5. The maximum atomic E-state index is 12.9. The van der Waals surface area contributed by atoms with Crippen molar-refractivity contribution in [2.45, 2.75) is 50.5 Å². The molecule has 6 heteroatoms. The molecular formula is C23H30N2O3S. The van der Waals surface area contributed by atoms with Crippen molar-refractivity contribution in [3.05, 3.63) is 53.5 Å². The third-order valence-corrected chi connectivity index (χ3v) is 6.40. The van der Waals surface area contributed by atoms with Crippen molar-refractivity contribution in [1.82, 2.24) is 10.2 Å². The lowest BCUT2D eigenvalue weighted by molar-refractivity contribution is -0.118. The quantitative estimate of drug-likeness (QED) is 0.639. The predicted octanol–water partition coefficient (Wildman–Crippen LogP) is 4.65. The van der Waals surface area contributed by atoms with Gasteiger partial charge in [0.1, 0.15) is 11.5 Å². The van der Waals surface area contributed by atoms with Gasteiger partial charge in [0, 0.05) is 18.5 Å². The van der Waals surface area contributed by atoms with Crippen molar-refractivity contribution >= 4 is 23.6 Å². The lowest BCUT2D eigenvalue weighted by atomic mass is 9.89. The summed E-state index contributed by atoms with van der Waals surface area (Å²) in [6.45, 7) is 3.06. The van der Waals surface area contributed by atoms with Gasteiger partial charge in [-0.25, -0.2) is 0 Å². The van der Waals surface area contributed by atoms with Crippen LogP contribution >= 0.6 is 11.8 Å². The van der Waals surface area contributed by atoms with Gasteiger partial charge in [-0.05, 0) is 49.9 Å². The number of furan rings is 1. The van der Waals surface area contributed by atoms with Gasteiger partial charge in [-0.15, -0.1) is 11.8 Å². The van der Waals surface area contributed by atoms with Crippen LogP contribution in [0, 0.1) is 12.8 Å². The van der Waals surface area contributed by atoms with Gasteiger partial charge in [0.05, 0.1) is 17.9 Å². The standard InChI is InChI=1S/C23H30N2O3S/c1-17-12-13-19(28-17)15-25(2)23(27)20-10-6-7-11-21(20)29-16-22(26)24-14-18-8-4-3-5-9-18/h6-7,10-13,18H,3-5,8-9,14-16H2,1-2H3,(H,24,26). The first-order valence-electron chi connectivity index (χ1n) is 10.3. The average Bonchev–Trinajstić information content (AvgIpc) is 3.15. The zero-order valence-corrected chi connectivity index (χ0v) is 18.1. The smallest absolute Gasteiger partial charge is 0.255 e. The minimum atomic E-state index is -0.0789. The molecule has 2 amide bonds. The van der Waals surface area contributed by atoms with E-state index >= 15 is 0 Å². The second-order valence-electron chi connectivity index (χ2n) is 7.77. The molecule has 1 aliphatic rings. The number of amides is 2. The molecule has 2 aromatic rings. The van der Waals surface area contributed by atoms with Crippen molar-refractivity contribution in [1.29, 1.82) is 0 Å². The molecule has 1 heterocycles. The molecule has 0 radical (unpaired) electrons. The SMILES string of the molecule is Cc1ccc(CN(C)C(=O)c2ccccc2SCC(=O)NCC2CCCCC2)o1. The van der Waals surface area contributed by atoms with E-state index in [-0.39, 0.29) is 11.8 Å². The van der Waals surface area contributed by atoms with E-state index in [0.717, 1.165) is 23.0 Å². The van der Waals surface area contributed by atoms with E-state index in [1.54, 1.807) is 11.9 Å². The van der Waals surface area contributed by atoms with Crippen molar-refractivity contribution in [3.63, 3.8) is 0 Å².